The van der Waals surface area contributed by atoms with Gasteiger partial charge in [-0.1, -0.05) is 19.9 Å². The van der Waals surface area contributed by atoms with Gasteiger partial charge in [0.25, 0.3) is 5.91 Å². The van der Waals surface area contributed by atoms with Crippen LogP contribution < -0.4 is 11.1 Å². The van der Waals surface area contributed by atoms with Crippen molar-refractivity contribution in [1.82, 2.24) is 15.0 Å². The molecule has 0 atom stereocenters. The Morgan fingerprint density at radius 2 is 2.05 bits per heavy atom. The normalized spacial score (nSPS) is 10.6. The van der Waals surface area contributed by atoms with Crippen molar-refractivity contribution < 1.29 is 4.79 Å². The first-order valence-corrected chi connectivity index (χ1v) is 6.35. The van der Waals surface area contributed by atoms with Crippen LogP contribution in [0.15, 0.2) is 24.4 Å². The lowest BCUT2D eigenvalue weighted by Gasteiger charge is -2.09. The van der Waals surface area contributed by atoms with E-state index < -0.39 is 0 Å². The summed E-state index contributed by atoms with van der Waals surface area (Å²) in [5, 5.41) is 2.69. The van der Waals surface area contributed by atoms with Crippen LogP contribution in [0.2, 0.25) is 0 Å². The van der Waals surface area contributed by atoms with Crippen LogP contribution in [0, 0.1) is 6.92 Å². The Kier molecular flexibility index (Phi) is 3.93. The van der Waals surface area contributed by atoms with Gasteiger partial charge in [-0.3, -0.25) is 4.79 Å². The van der Waals surface area contributed by atoms with E-state index in [4.69, 9.17) is 5.73 Å². The van der Waals surface area contributed by atoms with E-state index in [1.54, 1.807) is 6.07 Å². The molecule has 0 saturated carbocycles. The summed E-state index contributed by atoms with van der Waals surface area (Å²) in [6.07, 6.45) is 1.46. The number of carbonyl (C=O) groups excluding carboxylic acids is 1. The summed E-state index contributed by atoms with van der Waals surface area (Å²) < 4.78 is 0. The lowest BCUT2D eigenvalue weighted by Crippen LogP contribution is -2.18. The number of hydrogen-bond donors (Lipinski definition) is 2. The zero-order valence-electron chi connectivity index (χ0n) is 11.7. The Bertz CT molecular complexity index is 639. The monoisotopic (exact) mass is 271 g/mol. The molecule has 2 heterocycles. The third-order valence-corrected chi connectivity index (χ3v) is 2.70. The molecule has 1 amide bonds. The molecule has 2 rings (SSSR count). The molecule has 2 aromatic rings. The van der Waals surface area contributed by atoms with Crippen LogP contribution in [0.3, 0.4) is 0 Å². The lowest BCUT2D eigenvalue weighted by molar-refractivity contribution is 0.102. The van der Waals surface area contributed by atoms with Crippen molar-refractivity contribution >= 4 is 17.4 Å². The second-order valence-corrected chi connectivity index (χ2v) is 4.81. The third-order valence-electron chi connectivity index (χ3n) is 2.70. The number of amides is 1. The summed E-state index contributed by atoms with van der Waals surface area (Å²) >= 11 is 0. The number of aryl methyl sites for hydroxylation is 1. The van der Waals surface area contributed by atoms with Crippen molar-refractivity contribution in [2.75, 3.05) is 11.1 Å². The Morgan fingerprint density at radius 3 is 2.70 bits per heavy atom. The maximum Gasteiger partial charge on any atom is 0.277 e. The highest BCUT2D eigenvalue weighted by atomic mass is 16.2. The number of anilines is 2. The van der Waals surface area contributed by atoms with Crippen LogP contribution in [0.1, 0.15) is 41.8 Å². The zero-order chi connectivity index (χ0) is 14.7. The van der Waals surface area contributed by atoms with Crippen molar-refractivity contribution in [3.8, 4) is 0 Å². The number of pyridine rings is 1. The Labute approximate surface area is 117 Å². The predicted molar refractivity (Wildman–Crippen MR) is 77.5 cm³/mol. The fourth-order valence-electron chi connectivity index (χ4n) is 1.65. The van der Waals surface area contributed by atoms with Gasteiger partial charge in [0, 0.05) is 11.6 Å². The minimum absolute atomic E-state index is 0.124. The van der Waals surface area contributed by atoms with Crippen LogP contribution in [0.25, 0.3) is 0 Å². The summed E-state index contributed by atoms with van der Waals surface area (Å²) in [5.41, 5.74) is 7.01. The number of hydrogen-bond acceptors (Lipinski definition) is 5. The molecule has 0 radical (unpaired) electrons. The van der Waals surface area contributed by atoms with E-state index in [2.05, 4.69) is 20.3 Å². The van der Waals surface area contributed by atoms with E-state index in [1.807, 2.05) is 32.9 Å². The smallest absolute Gasteiger partial charge is 0.277 e. The number of aromatic nitrogens is 3. The van der Waals surface area contributed by atoms with Crippen molar-refractivity contribution in [2.45, 2.75) is 26.7 Å². The SMILES string of the molecule is Cc1cccc(NC(=O)c2nc(C(C)C)ncc2N)n1. The van der Waals surface area contributed by atoms with E-state index in [0.29, 0.717) is 11.6 Å². The molecule has 6 nitrogen and oxygen atoms in total. The first kappa shape index (κ1) is 13.9. The van der Waals surface area contributed by atoms with E-state index in [9.17, 15) is 4.79 Å². The number of nitrogens with one attached hydrogen (secondary N) is 1. The minimum Gasteiger partial charge on any atom is -0.396 e. The molecule has 0 fully saturated rings. The summed E-state index contributed by atoms with van der Waals surface area (Å²) in [6, 6.07) is 5.39. The van der Waals surface area contributed by atoms with Crippen molar-refractivity contribution in [3.05, 3.63) is 41.6 Å². The average molecular weight is 271 g/mol. The van der Waals surface area contributed by atoms with Crippen LogP contribution >= 0.6 is 0 Å². The van der Waals surface area contributed by atoms with E-state index in [-0.39, 0.29) is 23.2 Å². The Balaban J connectivity index is 2.27. The van der Waals surface area contributed by atoms with Gasteiger partial charge in [-0.05, 0) is 19.1 Å². The Hall–Kier alpha value is -2.50. The number of nitrogen functional groups attached to an aromatic ring is 1. The molecule has 0 aliphatic heterocycles. The van der Waals surface area contributed by atoms with Gasteiger partial charge < -0.3 is 11.1 Å². The van der Waals surface area contributed by atoms with Gasteiger partial charge >= 0.3 is 0 Å². The maximum atomic E-state index is 12.2. The van der Waals surface area contributed by atoms with Crippen molar-refractivity contribution in [3.63, 3.8) is 0 Å². The number of rotatable bonds is 3. The summed E-state index contributed by atoms with van der Waals surface area (Å²) in [6.45, 7) is 5.76. The summed E-state index contributed by atoms with van der Waals surface area (Å²) in [5.74, 6) is 0.796. The molecule has 0 bridgehead atoms. The molecule has 0 saturated heterocycles. The number of nitrogens with two attached hydrogens (primary N) is 1. The predicted octanol–water partition coefficient (Wildman–Crippen LogP) is 2.14. The van der Waals surface area contributed by atoms with E-state index in [0.717, 1.165) is 5.69 Å². The fourth-order valence-corrected chi connectivity index (χ4v) is 1.65. The van der Waals surface area contributed by atoms with Gasteiger partial charge in [0.2, 0.25) is 0 Å². The van der Waals surface area contributed by atoms with Crippen molar-refractivity contribution in [1.29, 1.82) is 0 Å². The topological polar surface area (TPSA) is 93.8 Å². The van der Waals surface area contributed by atoms with Crippen molar-refractivity contribution in [2.24, 2.45) is 0 Å². The molecule has 3 N–H and O–H groups in total. The second kappa shape index (κ2) is 5.64. The van der Waals surface area contributed by atoms with Gasteiger partial charge in [-0.25, -0.2) is 15.0 Å². The molecular weight excluding hydrogens is 254 g/mol. The third kappa shape index (κ3) is 3.09. The van der Waals surface area contributed by atoms with Gasteiger partial charge in [-0.15, -0.1) is 0 Å². The number of nitrogens with zero attached hydrogens (tertiary/aromatic N) is 3. The van der Waals surface area contributed by atoms with Crippen LogP contribution in [0.4, 0.5) is 11.5 Å². The standard InChI is InChI=1S/C14H17N5O/c1-8(2)13-16-7-10(15)12(19-13)14(20)18-11-6-4-5-9(3)17-11/h4-8H,15H2,1-3H3,(H,17,18,20). The van der Waals surface area contributed by atoms with Crippen LogP contribution in [-0.4, -0.2) is 20.9 Å². The van der Waals surface area contributed by atoms with Crippen LogP contribution in [-0.2, 0) is 0 Å². The average Bonchev–Trinajstić information content (AvgIpc) is 2.38. The van der Waals surface area contributed by atoms with Gasteiger partial charge in [0.1, 0.15) is 11.6 Å². The maximum absolute atomic E-state index is 12.2. The molecule has 20 heavy (non-hydrogen) atoms. The molecule has 104 valence electrons. The highest BCUT2D eigenvalue weighted by Crippen LogP contribution is 2.15. The second-order valence-electron chi connectivity index (χ2n) is 4.81. The molecule has 0 aliphatic rings. The molecule has 6 heteroatoms. The van der Waals surface area contributed by atoms with Gasteiger partial charge in [0.05, 0.1) is 11.9 Å². The first-order valence-electron chi connectivity index (χ1n) is 6.35. The molecule has 0 unspecified atom stereocenters. The lowest BCUT2D eigenvalue weighted by atomic mass is 10.2. The molecule has 0 aliphatic carbocycles. The van der Waals surface area contributed by atoms with E-state index >= 15 is 0 Å². The number of carbonyl (C=O) groups is 1. The first-order chi connectivity index (χ1) is 9.47. The highest BCUT2D eigenvalue weighted by Gasteiger charge is 2.15. The molecular formula is C14H17N5O. The largest absolute Gasteiger partial charge is 0.396 e. The molecule has 2 aromatic heterocycles. The highest BCUT2D eigenvalue weighted by molar-refractivity contribution is 6.05. The van der Waals surface area contributed by atoms with E-state index in [1.165, 1.54) is 6.20 Å². The minimum atomic E-state index is -0.384. The zero-order valence-corrected chi connectivity index (χ0v) is 11.7. The van der Waals surface area contributed by atoms with Gasteiger partial charge in [0.15, 0.2) is 5.69 Å². The fraction of sp³-hybridized carbons (Fsp3) is 0.286. The molecule has 0 spiro atoms. The molecule has 0 aromatic carbocycles. The van der Waals surface area contributed by atoms with Crippen LogP contribution in [0.5, 0.6) is 0 Å². The Morgan fingerprint density at radius 1 is 1.30 bits per heavy atom. The summed E-state index contributed by atoms with van der Waals surface area (Å²) in [7, 11) is 0. The van der Waals surface area contributed by atoms with Gasteiger partial charge in [-0.2, -0.15) is 0 Å². The summed E-state index contributed by atoms with van der Waals surface area (Å²) in [4.78, 5) is 24.7. The quantitative estimate of drug-likeness (QED) is 0.892.